The zero-order valence-corrected chi connectivity index (χ0v) is 6.57. The van der Waals surface area contributed by atoms with Gasteiger partial charge >= 0.3 is 5.82 Å². The fourth-order valence-electron chi connectivity index (χ4n) is 0.675. The van der Waals surface area contributed by atoms with Gasteiger partial charge in [-0.25, -0.2) is 0 Å². The van der Waals surface area contributed by atoms with Crippen LogP contribution in [0.15, 0.2) is 12.3 Å². The molecule has 0 saturated heterocycles. The normalized spacial score (nSPS) is 9.91. The Hall–Kier alpha value is -1.04. The number of hydrogen-bond acceptors (Lipinski definition) is 4. The largest absolute Gasteiger partial charge is 0.389 e. The van der Waals surface area contributed by atoms with Crippen molar-refractivity contribution in [1.82, 2.24) is 9.78 Å². The Morgan fingerprint density at radius 1 is 1.82 bits per heavy atom. The van der Waals surface area contributed by atoms with Crippen LogP contribution in [0.5, 0.6) is 0 Å². The van der Waals surface area contributed by atoms with Gasteiger partial charge in [0.1, 0.15) is 0 Å². The van der Waals surface area contributed by atoms with Gasteiger partial charge in [-0.2, -0.15) is 17.3 Å². The molecule has 1 heterocycles. The third kappa shape index (κ3) is 1.94. The van der Waals surface area contributed by atoms with Crippen LogP contribution in [0.3, 0.4) is 0 Å². The summed E-state index contributed by atoms with van der Waals surface area (Å²) in [6.45, 7) is 0.594. The lowest BCUT2D eigenvalue weighted by atomic mass is 10.6. The average Bonchev–Trinajstić information content (AvgIpc) is 2.37. The predicted molar refractivity (Wildman–Crippen MR) is 42.7 cm³/mol. The van der Waals surface area contributed by atoms with E-state index >= 15 is 0 Å². The molecule has 60 valence electrons. The van der Waals surface area contributed by atoms with Gasteiger partial charge in [-0.15, -0.1) is 0 Å². The number of thiol groups is 1. The first kappa shape index (κ1) is 8.06. The van der Waals surface area contributed by atoms with Gasteiger partial charge in [-0.05, 0) is 4.92 Å². The SMILES string of the molecule is O=[N+]([O-])c1ccn(CCS)n1. The zero-order chi connectivity index (χ0) is 8.27. The molecule has 5 nitrogen and oxygen atoms in total. The van der Waals surface area contributed by atoms with Crippen molar-refractivity contribution in [3.63, 3.8) is 0 Å². The number of nitrogens with zero attached hydrogens (tertiary/aromatic N) is 3. The molecule has 0 spiro atoms. The van der Waals surface area contributed by atoms with Gasteiger partial charge in [0.05, 0.1) is 23.9 Å². The molecule has 0 aliphatic carbocycles. The molecule has 1 aromatic heterocycles. The highest BCUT2D eigenvalue weighted by molar-refractivity contribution is 7.80. The average molecular weight is 173 g/mol. The number of rotatable bonds is 3. The van der Waals surface area contributed by atoms with Crippen molar-refractivity contribution >= 4 is 18.4 Å². The van der Waals surface area contributed by atoms with E-state index < -0.39 is 4.92 Å². The van der Waals surface area contributed by atoms with E-state index in [2.05, 4.69) is 17.7 Å². The Morgan fingerprint density at radius 2 is 2.55 bits per heavy atom. The standard InChI is InChI=1S/C5H7N3O2S/c9-8(10)5-1-2-7(6-5)3-4-11/h1-2,11H,3-4H2. The van der Waals surface area contributed by atoms with Gasteiger partial charge in [0, 0.05) is 5.75 Å². The zero-order valence-electron chi connectivity index (χ0n) is 5.67. The molecule has 0 aliphatic rings. The predicted octanol–water partition coefficient (Wildman–Crippen LogP) is 0.721. The van der Waals surface area contributed by atoms with Crippen molar-refractivity contribution in [2.24, 2.45) is 0 Å². The van der Waals surface area contributed by atoms with Crippen molar-refractivity contribution in [2.75, 3.05) is 5.75 Å². The second-order valence-electron chi connectivity index (χ2n) is 1.92. The van der Waals surface area contributed by atoms with E-state index in [0.717, 1.165) is 0 Å². The van der Waals surface area contributed by atoms with Gasteiger partial charge in [-0.1, -0.05) is 0 Å². The second kappa shape index (κ2) is 3.38. The highest BCUT2D eigenvalue weighted by atomic mass is 32.1. The quantitative estimate of drug-likeness (QED) is 0.416. The lowest BCUT2D eigenvalue weighted by Crippen LogP contribution is -2.00. The Labute approximate surface area is 68.6 Å². The second-order valence-corrected chi connectivity index (χ2v) is 2.36. The summed E-state index contributed by atoms with van der Waals surface area (Å²) in [6.07, 6.45) is 1.56. The number of nitro groups is 1. The summed E-state index contributed by atoms with van der Waals surface area (Å²) < 4.78 is 1.49. The topological polar surface area (TPSA) is 61.0 Å². The molecule has 11 heavy (non-hydrogen) atoms. The molecule has 0 bridgehead atoms. The lowest BCUT2D eigenvalue weighted by Gasteiger charge is -1.87. The maximum Gasteiger partial charge on any atom is 0.389 e. The molecule has 0 radical (unpaired) electrons. The van der Waals surface area contributed by atoms with Crippen LogP contribution in [-0.2, 0) is 6.54 Å². The molecule has 1 aromatic rings. The molecule has 0 fully saturated rings. The van der Waals surface area contributed by atoms with Crippen molar-refractivity contribution < 1.29 is 4.92 Å². The summed E-state index contributed by atoms with van der Waals surface area (Å²) in [6, 6.07) is 1.36. The van der Waals surface area contributed by atoms with E-state index in [-0.39, 0.29) is 5.82 Å². The van der Waals surface area contributed by atoms with Gasteiger partial charge < -0.3 is 10.1 Å². The van der Waals surface area contributed by atoms with E-state index in [1.165, 1.54) is 10.7 Å². The Bertz CT molecular complexity index is 260. The van der Waals surface area contributed by atoms with E-state index in [1.54, 1.807) is 6.20 Å². The van der Waals surface area contributed by atoms with E-state index in [1.807, 2.05) is 0 Å². The molecule has 1 rings (SSSR count). The van der Waals surface area contributed by atoms with Gasteiger partial charge in [0.2, 0.25) is 0 Å². The van der Waals surface area contributed by atoms with E-state index in [9.17, 15) is 10.1 Å². The number of hydrogen-bond donors (Lipinski definition) is 1. The first-order valence-electron chi connectivity index (χ1n) is 3.03. The first-order chi connectivity index (χ1) is 5.24. The van der Waals surface area contributed by atoms with Crippen LogP contribution in [0.1, 0.15) is 0 Å². The summed E-state index contributed by atoms with van der Waals surface area (Å²) in [7, 11) is 0. The summed E-state index contributed by atoms with van der Waals surface area (Å²) in [5.41, 5.74) is 0. The Morgan fingerprint density at radius 3 is 3.00 bits per heavy atom. The molecule has 0 amide bonds. The maximum atomic E-state index is 10.1. The molecule has 0 atom stereocenters. The van der Waals surface area contributed by atoms with E-state index in [0.29, 0.717) is 12.3 Å². The lowest BCUT2D eigenvalue weighted by molar-refractivity contribution is -0.389. The molecular weight excluding hydrogens is 166 g/mol. The van der Waals surface area contributed by atoms with Gasteiger partial charge in [0.15, 0.2) is 0 Å². The third-order valence-corrected chi connectivity index (χ3v) is 1.34. The minimum atomic E-state index is -0.519. The minimum Gasteiger partial charge on any atom is -0.358 e. The third-order valence-electron chi connectivity index (χ3n) is 1.14. The van der Waals surface area contributed by atoms with Crippen molar-refractivity contribution in [3.05, 3.63) is 22.4 Å². The van der Waals surface area contributed by atoms with Crippen molar-refractivity contribution in [1.29, 1.82) is 0 Å². The first-order valence-corrected chi connectivity index (χ1v) is 3.66. The van der Waals surface area contributed by atoms with Crippen LogP contribution in [0.4, 0.5) is 5.82 Å². The molecule has 0 aromatic carbocycles. The van der Waals surface area contributed by atoms with Gasteiger partial charge in [0.25, 0.3) is 0 Å². The van der Waals surface area contributed by atoms with Crippen LogP contribution in [0.25, 0.3) is 0 Å². The highest BCUT2D eigenvalue weighted by Crippen LogP contribution is 2.04. The number of aryl methyl sites for hydroxylation is 1. The Kier molecular flexibility index (Phi) is 2.48. The fourth-order valence-corrected chi connectivity index (χ4v) is 0.880. The van der Waals surface area contributed by atoms with Crippen molar-refractivity contribution in [2.45, 2.75) is 6.54 Å². The van der Waals surface area contributed by atoms with Gasteiger partial charge in [-0.3, -0.25) is 0 Å². The summed E-state index contributed by atoms with van der Waals surface area (Å²) in [5.74, 6) is 0.505. The van der Waals surface area contributed by atoms with Crippen LogP contribution in [-0.4, -0.2) is 20.5 Å². The monoisotopic (exact) mass is 173 g/mol. The number of aromatic nitrogens is 2. The smallest absolute Gasteiger partial charge is 0.358 e. The molecule has 0 unspecified atom stereocenters. The van der Waals surface area contributed by atoms with Crippen LogP contribution < -0.4 is 0 Å². The summed E-state index contributed by atoms with van der Waals surface area (Å²) in [4.78, 5) is 9.61. The summed E-state index contributed by atoms with van der Waals surface area (Å²) in [5, 5.41) is 13.8. The fraction of sp³-hybridized carbons (Fsp3) is 0.400. The molecule has 0 N–H and O–H groups in total. The van der Waals surface area contributed by atoms with Crippen LogP contribution >= 0.6 is 12.6 Å². The highest BCUT2D eigenvalue weighted by Gasteiger charge is 2.08. The minimum absolute atomic E-state index is 0.119. The summed E-state index contributed by atoms with van der Waals surface area (Å²) >= 11 is 3.96. The van der Waals surface area contributed by atoms with E-state index in [4.69, 9.17) is 0 Å². The molecule has 6 heteroatoms. The van der Waals surface area contributed by atoms with Crippen LogP contribution in [0.2, 0.25) is 0 Å². The molecule has 0 saturated carbocycles. The maximum absolute atomic E-state index is 10.1. The van der Waals surface area contributed by atoms with Crippen molar-refractivity contribution in [3.8, 4) is 0 Å². The van der Waals surface area contributed by atoms with Crippen LogP contribution in [0, 0.1) is 10.1 Å². The Balaban J connectivity index is 2.73. The molecular formula is C5H7N3O2S. The molecule has 0 aliphatic heterocycles.